The minimum atomic E-state index is -4.16. The molecule has 0 aliphatic carbocycles. The Labute approximate surface area is 96.5 Å². The van der Waals surface area contributed by atoms with Crippen LogP contribution in [0, 0.1) is 0 Å². The minimum Gasteiger partial charge on any atom is -0.302 e. The zero-order valence-electron chi connectivity index (χ0n) is 9.68. The van der Waals surface area contributed by atoms with Crippen molar-refractivity contribution in [1.29, 1.82) is 0 Å². The third-order valence-corrected chi connectivity index (χ3v) is 2.59. The largest absolute Gasteiger partial charge is 0.397 e. The lowest BCUT2D eigenvalue weighted by atomic mass is 10.1. The van der Waals surface area contributed by atoms with Gasteiger partial charge in [0.2, 0.25) is 0 Å². The van der Waals surface area contributed by atoms with E-state index in [2.05, 4.69) is 16.0 Å². The van der Waals surface area contributed by atoms with Crippen molar-refractivity contribution in [1.82, 2.24) is 4.90 Å². The maximum Gasteiger partial charge on any atom is 0.397 e. The highest BCUT2D eigenvalue weighted by Crippen LogP contribution is 2.05. The summed E-state index contributed by atoms with van der Waals surface area (Å²) in [6.45, 7) is 5.32. The van der Waals surface area contributed by atoms with E-state index in [1.165, 1.54) is 6.42 Å². The maximum absolute atomic E-state index is 10.8. The third kappa shape index (κ3) is 8.78. The zero-order valence-corrected chi connectivity index (χ0v) is 10.5. The molecule has 0 aromatic carbocycles. The summed E-state index contributed by atoms with van der Waals surface area (Å²) in [5.74, 6) is 0.437. The van der Waals surface area contributed by atoms with Crippen molar-refractivity contribution in [2.75, 3.05) is 26.7 Å². The van der Waals surface area contributed by atoms with Crippen LogP contribution in [0.15, 0.2) is 0 Å². The van der Waals surface area contributed by atoms with Gasteiger partial charge in [-0.15, -0.1) is 0 Å². The van der Waals surface area contributed by atoms with Crippen LogP contribution >= 0.6 is 0 Å². The van der Waals surface area contributed by atoms with E-state index in [9.17, 15) is 13.2 Å². The van der Waals surface area contributed by atoms with Gasteiger partial charge in [0.15, 0.2) is 0 Å². The van der Waals surface area contributed by atoms with Crippen molar-refractivity contribution >= 4 is 16.2 Å². The van der Waals surface area contributed by atoms with Crippen molar-refractivity contribution in [2.45, 2.75) is 26.2 Å². The van der Waals surface area contributed by atoms with Crippen molar-refractivity contribution < 1.29 is 21.9 Å². The fourth-order valence-electron chi connectivity index (χ4n) is 1.34. The van der Waals surface area contributed by atoms with E-state index in [0.29, 0.717) is 5.78 Å². The number of ketones is 1. The normalized spacial score (nSPS) is 17.8. The average molecular weight is 253 g/mol. The van der Waals surface area contributed by atoms with Gasteiger partial charge >= 0.3 is 10.4 Å². The van der Waals surface area contributed by atoms with Gasteiger partial charge < -0.3 is 4.90 Å². The summed E-state index contributed by atoms with van der Waals surface area (Å²) in [5, 5.41) is 0. The van der Waals surface area contributed by atoms with Gasteiger partial charge in [0.25, 0.3) is 0 Å². The molecule has 0 amide bonds. The quantitative estimate of drug-likeness (QED) is 0.737. The molecule has 0 bridgehead atoms. The van der Waals surface area contributed by atoms with Crippen molar-refractivity contribution in [2.24, 2.45) is 0 Å². The number of rotatable bonds is 3. The molecular formula is C9H19NO5S. The lowest BCUT2D eigenvalue weighted by Crippen LogP contribution is -2.34. The Bertz CT molecular complexity index is 291. The molecule has 0 radical (unpaired) electrons. The molecule has 7 heteroatoms. The highest BCUT2D eigenvalue weighted by Gasteiger charge is 2.14. The van der Waals surface area contributed by atoms with Crippen LogP contribution in [0.5, 0.6) is 0 Å². The minimum absolute atomic E-state index is 0.437. The van der Waals surface area contributed by atoms with E-state index < -0.39 is 10.4 Å². The van der Waals surface area contributed by atoms with Crippen LogP contribution in [0.1, 0.15) is 26.2 Å². The van der Waals surface area contributed by atoms with Crippen LogP contribution in [-0.4, -0.2) is 50.4 Å². The van der Waals surface area contributed by atoms with Crippen LogP contribution in [0.25, 0.3) is 0 Å². The summed E-state index contributed by atoms with van der Waals surface area (Å²) < 4.78 is 29.7. The smallest absolute Gasteiger partial charge is 0.302 e. The van der Waals surface area contributed by atoms with E-state index in [1.54, 1.807) is 0 Å². The highest BCUT2D eigenvalue weighted by atomic mass is 32.3. The van der Waals surface area contributed by atoms with E-state index in [-0.39, 0.29) is 0 Å². The van der Waals surface area contributed by atoms with Gasteiger partial charge in [-0.1, -0.05) is 6.92 Å². The van der Waals surface area contributed by atoms with E-state index >= 15 is 0 Å². The van der Waals surface area contributed by atoms with Crippen molar-refractivity contribution in [3.8, 4) is 0 Å². The molecule has 0 saturated carbocycles. The Morgan fingerprint density at radius 1 is 1.38 bits per heavy atom. The van der Waals surface area contributed by atoms with Crippen LogP contribution < -0.4 is 0 Å². The van der Waals surface area contributed by atoms with E-state index in [1.807, 2.05) is 0 Å². The van der Waals surface area contributed by atoms with E-state index in [4.69, 9.17) is 4.55 Å². The summed E-state index contributed by atoms with van der Waals surface area (Å²) in [4.78, 5) is 13.1. The van der Waals surface area contributed by atoms with Crippen LogP contribution in [0.4, 0.5) is 0 Å². The first-order valence-electron chi connectivity index (χ1n) is 5.16. The second-order valence-electron chi connectivity index (χ2n) is 3.47. The molecule has 1 aliphatic heterocycles. The molecule has 0 aromatic heterocycles. The van der Waals surface area contributed by atoms with Gasteiger partial charge in [-0.3, -0.25) is 13.5 Å². The fraction of sp³-hybridized carbons (Fsp3) is 0.889. The maximum atomic E-state index is 10.8. The van der Waals surface area contributed by atoms with Crippen LogP contribution in [0.2, 0.25) is 0 Å². The molecule has 1 N–H and O–H groups in total. The first-order chi connectivity index (χ1) is 7.39. The number of likely N-dealkylation sites (tertiary alicyclic amines) is 1. The molecule has 0 atom stereocenters. The van der Waals surface area contributed by atoms with Gasteiger partial charge in [0.05, 0.1) is 7.11 Å². The number of hydrogen-bond donors (Lipinski definition) is 1. The Hall–Kier alpha value is -0.500. The summed E-state index contributed by atoms with van der Waals surface area (Å²) in [6, 6.07) is 0. The molecule has 0 unspecified atom stereocenters. The first-order valence-corrected chi connectivity index (χ1v) is 6.52. The molecule has 1 heterocycles. The number of nitrogens with zero attached hydrogens (tertiary/aromatic N) is 1. The molecule has 6 nitrogen and oxygen atoms in total. The topological polar surface area (TPSA) is 83.9 Å². The average Bonchev–Trinajstić information content (AvgIpc) is 2.22. The second-order valence-corrected chi connectivity index (χ2v) is 4.66. The Balaban J connectivity index is 0.000000325. The Kier molecular flexibility index (Phi) is 7.48. The SMILES string of the molecule is CCCN1CCC(=O)CC1.COS(=O)(=O)O. The number of hydrogen-bond acceptors (Lipinski definition) is 5. The molecule has 96 valence electrons. The molecule has 1 saturated heterocycles. The third-order valence-electron chi connectivity index (χ3n) is 2.16. The lowest BCUT2D eigenvalue weighted by Gasteiger charge is -2.24. The summed E-state index contributed by atoms with van der Waals surface area (Å²) in [6.07, 6.45) is 2.76. The number of carbonyl (C=O) groups excluding carboxylic acids is 1. The second kappa shape index (κ2) is 7.72. The zero-order chi connectivity index (χ0) is 12.6. The number of carbonyl (C=O) groups is 1. The van der Waals surface area contributed by atoms with Crippen LogP contribution in [-0.2, 0) is 19.4 Å². The molecule has 1 fully saturated rings. The summed E-state index contributed by atoms with van der Waals surface area (Å²) in [5.41, 5.74) is 0. The first kappa shape index (κ1) is 15.5. The molecule has 1 aliphatic rings. The molecular weight excluding hydrogens is 234 g/mol. The highest BCUT2D eigenvalue weighted by molar-refractivity contribution is 7.80. The summed E-state index contributed by atoms with van der Waals surface area (Å²) >= 11 is 0. The summed E-state index contributed by atoms with van der Waals surface area (Å²) in [7, 11) is -3.29. The molecule has 1 rings (SSSR count). The van der Waals surface area contributed by atoms with E-state index in [0.717, 1.165) is 39.6 Å². The van der Waals surface area contributed by atoms with Crippen LogP contribution in [0.3, 0.4) is 0 Å². The molecule has 0 spiro atoms. The lowest BCUT2D eigenvalue weighted by molar-refractivity contribution is -0.121. The molecule has 16 heavy (non-hydrogen) atoms. The monoisotopic (exact) mass is 253 g/mol. The van der Waals surface area contributed by atoms with Gasteiger partial charge in [0, 0.05) is 25.9 Å². The van der Waals surface area contributed by atoms with Gasteiger partial charge in [-0.05, 0) is 13.0 Å². The van der Waals surface area contributed by atoms with Crippen molar-refractivity contribution in [3.63, 3.8) is 0 Å². The van der Waals surface area contributed by atoms with Gasteiger partial charge in [0.1, 0.15) is 5.78 Å². The number of piperidine rings is 1. The number of Topliss-reactive ketones (excluding diaryl/α,β-unsaturated/α-hetero) is 1. The van der Waals surface area contributed by atoms with Gasteiger partial charge in [-0.25, -0.2) is 0 Å². The fourth-order valence-corrected chi connectivity index (χ4v) is 1.34. The molecule has 0 aromatic rings. The Morgan fingerprint density at radius 3 is 2.12 bits per heavy atom. The van der Waals surface area contributed by atoms with Crippen molar-refractivity contribution in [3.05, 3.63) is 0 Å². The predicted molar refractivity (Wildman–Crippen MR) is 59.5 cm³/mol. The standard InChI is InChI=1S/C8H15NO.CH4O4S/c1-2-5-9-6-3-8(10)4-7-9;1-5-6(2,3)4/h2-7H2,1H3;1H3,(H,2,3,4). The Morgan fingerprint density at radius 2 is 1.81 bits per heavy atom. The predicted octanol–water partition coefficient (Wildman–Crippen LogP) is 0.497. The van der Waals surface area contributed by atoms with Gasteiger partial charge in [-0.2, -0.15) is 8.42 Å².